The summed E-state index contributed by atoms with van der Waals surface area (Å²) < 4.78 is 0. The Hall–Kier alpha value is -0.926. The SMILES string of the molecule is Oc1ccccc1N=Cc1ccccc1.[Cl][V][Cl]. The third-order valence-electron chi connectivity index (χ3n) is 2.03. The van der Waals surface area contributed by atoms with Crippen LogP contribution >= 0.6 is 19.7 Å². The number of para-hydroxylation sites is 2. The molecule has 2 aromatic carbocycles. The fourth-order valence-electron chi connectivity index (χ4n) is 1.26. The number of rotatable bonds is 2. The van der Waals surface area contributed by atoms with Crippen molar-refractivity contribution in [3.05, 3.63) is 60.2 Å². The van der Waals surface area contributed by atoms with Gasteiger partial charge in [0.15, 0.2) is 0 Å². The maximum absolute atomic E-state index is 9.47. The van der Waals surface area contributed by atoms with Crippen LogP contribution in [0.15, 0.2) is 59.6 Å². The first kappa shape index (κ1) is 15.1. The summed E-state index contributed by atoms with van der Waals surface area (Å²) in [6.45, 7) is 0. The summed E-state index contributed by atoms with van der Waals surface area (Å²) in [7, 11) is 9.72. The summed E-state index contributed by atoms with van der Waals surface area (Å²) in [5, 5.41) is 9.47. The molecule has 93 valence electrons. The molecule has 0 radical (unpaired) electrons. The average molecular weight is 319 g/mol. The van der Waals surface area contributed by atoms with Gasteiger partial charge >= 0.3 is 34.1 Å². The first-order valence-corrected chi connectivity index (χ1v) is 8.91. The van der Waals surface area contributed by atoms with E-state index in [1.807, 2.05) is 36.4 Å². The molecule has 0 aliphatic heterocycles. The number of hydrogen-bond donors (Lipinski definition) is 1. The van der Waals surface area contributed by atoms with Crippen LogP contribution in [0.2, 0.25) is 0 Å². The van der Waals surface area contributed by atoms with Gasteiger partial charge in [-0.2, -0.15) is 0 Å². The van der Waals surface area contributed by atoms with E-state index in [9.17, 15) is 5.11 Å². The molecule has 1 N–H and O–H groups in total. The van der Waals surface area contributed by atoms with E-state index in [2.05, 4.69) is 4.99 Å². The second-order valence-electron chi connectivity index (χ2n) is 3.22. The summed E-state index contributed by atoms with van der Waals surface area (Å²) in [6.07, 6.45) is 1.73. The van der Waals surface area contributed by atoms with Crippen LogP contribution in [-0.4, -0.2) is 11.3 Å². The Morgan fingerprint density at radius 2 is 1.50 bits per heavy atom. The van der Waals surface area contributed by atoms with Crippen molar-refractivity contribution in [2.75, 3.05) is 0 Å². The second-order valence-corrected chi connectivity index (χ2v) is 5.53. The van der Waals surface area contributed by atoms with Gasteiger partial charge in [0.2, 0.25) is 0 Å². The average Bonchev–Trinajstić information content (AvgIpc) is 2.40. The fraction of sp³-hybridized carbons (Fsp3) is 0. The number of halogens is 2. The molecule has 0 amide bonds. The molecular formula is C13H11Cl2NOV. The normalized spacial score (nSPS) is 9.67. The van der Waals surface area contributed by atoms with Gasteiger partial charge in [0, 0.05) is 6.21 Å². The van der Waals surface area contributed by atoms with Crippen molar-refractivity contribution in [1.29, 1.82) is 0 Å². The van der Waals surface area contributed by atoms with Crippen molar-refractivity contribution in [2.45, 2.75) is 0 Å². The van der Waals surface area contributed by atoms with Gasteiger partial charge in [0.25, 0.3) is 0 Å². The number of phenolic OH excluding ortho intramolecular Hbond substituents is 1. The Balaban J connectivity index is 0.000000492. The molecule has 0 aliphatic rings. The van der Waals surface area contributed by atoms with Crippen LogP contribution in [0.5, 0.6) is 5.75 Å². The fourth-order valence-corrected chi connectivity index (χ4v) is 1.26. The third-order valence-corrected chi connectivity index (χ3v) is 2.03. The van der Waals surface area contributed by atoms with E-state index in [1.54, 1.807) is 24.4 Å². The van der Waals surface area contributed by atoms with Crippen molar-refractivity contribution in [1.82, 2.24) is 0 Å². The first-order valence-electron chi connectivity index (χ1n) is 5.07. The van der Waals surface area contributed by atoms with E-state index in [4.69, 9.17) is 19.7 Å². The summed E-state index contributed by atoms with van der Waals surface area (Å²) in [5.41, 5.74) is 1.60. The number of nitrogens with zero attached hydrogens (tertiary/aromatic N) is 1. The molecule has 0 saturated carbocycles. The molecule has 0 atom stereocenters. The molecule has 18 heavy (non-hydrogen) atoms. The standard InChI is InChI=1S/C13H11NO.2ClH.V/c15-13-9-5-4-8-12(13)14-10-11-6-2-1-3-7-11;;;/h1-10,15H;2*1H;/q;;;+2/p-2. The predicted molar refractivity (Wildman–Crippen MR) is 73.5 cm³/mol. The van der Waals surface area contributed by atoms with Crippen molar-refractivity contribution >= 4 is 31.6 Å². The minimum absolute atomic E-state index is 0.199. The molecule has 0 spiro atoms. The number of hydrogen-bond acceptors (Lipinski definition) is 2. The monoisotopic (exact) mass is 318 g/mol. The van der Waals surface area contributed by atoms with Gasteiger partial charge in [0.1, 0.15) is 11.4 Å². The number of phenols is 1. The maximum atomic E-state index is 9.47. The van der Waals surface area contributed by atoms with Crippen LogP contribution in [0.4, 0.5) is 5.69 Å². The Morgan fingerprint density at radius 3 is 2.11 bits per heavy atom. The Bertz CT molecular complexity index is 491. The molecule has 2 nitrogen and oxygen atoms in total. The zero-order valence-electron chi connectivity index (χ0n) is 9.37. The summed E-state index contributed by atoms with van der Waals surface area (Å²) in [6, 6.07) is 16.8. The van der Waals surface area contributed by atoms with Crippen LogP contribution in [0.25, 0.3) is 0 Å². The number of benzene rings is 2. The first-order chi connectivity index (χ1) is 8.77. The minimum atomic E-state index is -0.368. The van der Waals surface area contributed by atoms with Gasteiger partial charge in [-0.05, 0) is 17.7 Å². The van der Waals surface area contributed by atoms with Crippen molar-refractivity contribution in [3.8, 4) is 5.75 Å². The molecule has 2 rings (SSSR count). The van der Waals surface area contributed by atoms with Crippen LogP contribution in [0, 0.1) is 0 Å². The van der Waals surface area contributed by atoms with Gasteiger partial charge in [-0.3, -0.25) is 4.99 Å². The quantitative estimate of drug-likeness (QED) is 0.811. The van der Waals surface area contributed by atoms with E-state index in [-0.39, 0.29) is 20.1 Å². The summed E-state index contributed by atoms with van der Waals surface area (Å²) in [4.78, 5) is 4.20. The van der Waals surface area contributed by atoms with E-state index in [0.29, 0.717) is 5.69 Å². The van der Waals surface area contributed by atoms with Gasteiger partial charge in [-0.1, -0.05) is 42.5 Å². The van der Waals surface area contributed by atoms with E-state index in [0.717, 1.165) is 5.56 Å². The molecule has 0 bridgehead atoms. The van der Waals surface area contributed by atoms with E-state index >= 15 is 0 Å². The predicted octanol–water partition coefficient (Wildman–Crippen LogP) is 4.52. The van der Waals surface area contributed by atoms with E-state index in [1.165, 1.54) is 0 Å². The molecule has 0 fully saturated rings. The van der Waals surface area contributed by atoms with Gasteiger partial charge < -0.3 is 5.11 Å². The van der Waals surface area contributed by atoms with Crippen LogP contribution in [-0.2, 0) is 14.4 Å². The summed E-state index contributed by atoms with van der Waals surface area (Å²) in [5.74, 6) is 0.199. The van der Waals surface area contributed by atoms with Gasteiger partial charge in [-0.25, -0.2) is 0 Å². The topological polar surface area (TPSA) is 32.6 Å². The van der Waals surface area contributed by atoms with Crippen molar-refractivity contribution < 1.29 is 19.5 Å². The van der Waals surface area contributed by atoms with Crippen LogP contribution in [0.1, 0.15) is 5.56 Å². The Morgan fingerprint density at radius 1 is 0.944 bits per heavy atom. The van der Waals surface area contributed by atoms with Crippen molar-refractivity contribution in [2.24, 2.45) is 4.99 Å². The molecule has 5 heteroatoms. The molecule has 0 saturated heterocycles. The molecule has 0 unspecified atom stereocenters. The van der Waals surface area contributed by atoms with Gasteiger partial charge in [0.05, 0.1) is 0 Å². The van der Waals surface area contributed by atoms with Crippen LogP contribution < -0.4 is 0 Å². The zero-order valence-corrected chi connectivity index (χ0v) is 12.3. The second kappa shape index (κ2) is 9.06. The molecular weight excluding hydrogens is 308 g/mol. The van der Waals surface area contributed by atoms with Crippen molar-refractivity contribution in [3.63, 3.8) is 0 Å². The van der Waals surface area contributed by atoms with Gasteiger partial charge in [-0.15, -0.1) is 0 Å². The van der Waals surface area contributed by atoms with Crippen LogP contribution in [0.3, 0.4) is 0 Å². The Kier molecular flexibility index (Phi) is 7.62. The molecule has 0 aliphatic carbocycles. The van der Waals surface area contributed by atoms with E-state index < -0.39 is 0 Å². The molecule has 0 heterocycles. The zero-order chi connectivity index (χ0) is 13.2. The molecule has 0 aromatic heterocycles. The number of aliphatic imine (C=N–C) groups is 1. The Labute approximate surface area is 122 Å². The molecule has 2 aromatic rings. The number of aromatic hydroxyl groups is 1. The third kappa shape index (κ3) is 5.61. The summed E-state index contributed by atoms with van der Waals surface area (Å²) >= 11 is -0.368.